The molecule has 0 spiro atoms. The molecule has 0 atom stereocenters. The lowest BCUT2D eigenvalue weighted by Gasteiger charge is -2.03. The van der Waals surface area contributed by atoms with E-state index in [1.807, 2.05) is 60.0 Å². The Morgan fingerprint density at radius 1 is 1.19 bits per heavy atom. The molecular weight excluding hydrogens is 358 g/mol. The number of hydrazone groups is 1. The molecule has 0 radical (unpaired) electrons. The summed E-state index contributed by atoms with van der Waals surface area (Å²) in [5.74, 6) is 0.634. The second kappa shape index (κ2) is 9.64. The largest absolute Gasteiger partial charge is 0.494 e. The Labute approximate surface area is 162 Å². The third-order valence-corrected chi connectivity index (χ3v) is 4.61. The molecule has 0 bridgehead atoms. The Balaban J connectivity index is 1.49. The average Bonchev–Trinajstić information content (AvgIpc) is 3.16. The van der Waals surface area contributed by atoms with E-state index in [1.54, 1.807) is 6.21 Å². The Kier molecular flexibility index (Phi) is 6.71. The predicted octanol–water partition coefficient (Wildman–Crippen LogP) is 4.29. The van der Waals surface area contributed by atoms with Crippen LogP contribution in [-0.2, 0) is 11.2 Å². The number of carbonyl (C=O) groups is 1. The van der Waals surface area contributed by atoms with Gasteiger partial charge in [0, 0.05) is 10.9 Å². The van der Waals surface area contributed by atoms with Crippen LogP contribution in [0.3, 0.4) is 0 Å². The first-order valence-electron chi connectivity index (χ1n) is 8.79. The zero-order valence-electron chi connectivity index (χ0n) is 15.1. The fourth-order valence-corrected chi connectivity index (χ4v) is 3.18. The minimum atomic E-state index is -0.195. The summed E-state index contributed by atoms with van der Waals surface area (Å²) in [7, 11) is 0. The van der Waals surface area contributed by atoms with Crippen molar-refractivity contribution in [3.05, 3.63) is 71.2 Å². The van der Waals surface area contributed by atoms with Gasteiger partial charge in [0.2, 0.25) is 5.91 Å². The highest BCUT2D eigenvalue weighted by atomic mass is 32.1. The molecule has 0 saturated carbocycles. The summed E-state index contributed by atoms with van der Waals surface area (Å²) in [6, 6.07) is 17.5. The van der Waals surface area contributed by atoms with Gasteiger partial charge in [0.05, 0.1) is 24.9 Å². The maximum Gasteiger partial charge on any atom is 0.246 e. The van der Waals surface area contributed by atoms with Gasteiger partial charge in [-0.15, -0.1) is 11.3 Å². The first-order chi connectivity index (χ1) is 13.2. The van der Waals surface area contributed by atoms with Crippen LogP contribution in [0.5, 0.6) is 5.75 Å². The highest BCUT2D eigenvalue weighted by molar-refractivity contribution is 7.13. The van der Waals surface area contributed by atoms with Crippen molar-refractivity contribution in [2.45, 2.75) is 19.8 Å². The van der Waals surface area contributed by atoms with E-state index in [1.165, 1.54) is 11.3 Å². The number of benzene rings is 2. The molecule has 5 nitrogen and oxygen atoms in total. The lowest BCUT2D eigenvalue weighted by Crippen LogP contribution is -2.19. The highest BCUT2D eigenvalue weighted by Crippen LogP contribution is 2.23. The minimum absolute atomic E-state index is 0.195. The topological polar surface area (TPSA) is 63.6 Å². The summed E-state index contributed by atoms with van der Waals surface area (Å²) in [4.78, 5) is 16.6. The molecule has 0 aliphatic rings. The first-order valence-corrected chi connectivity index (χ1v) is 9.67. The molecule has 27 heavy (non-hydrogen) atoms. The summed E-state index contributed by atoms with van der Waals surface area (Å²) < 4.78 is 5.53. The summed E-state index contributed by atoms with van der Waals surface area (Å²) in [5, 5.41) is 6.82. The van der Waals surface area contributed by atoms with Crippen LogP contribution in [0.25, 0.3) is 10.6 Å². The van der Waals surface area contributed by atoms with Crippen molar-refractivity contribution in [3.8, 4) is 16.3 Å². The number of hydrogen-bond donors (Lipinski definition) is 1. The molecule has 1 amide bonds. The number of hydrogen-bond acceptors (Lipinski definition) is 5. The van der Waals surface area contributed by atoms with Crippen LogP contribution < -0.4 is 10.2 Å². The van der Waals surface area contributed by atoms with Crippen LogP contribution in [-0.4, -0.2) is 23.7 Å². The van der Waals surface area contributed by atoms with E-state index >= 15 is 0 Å². The second-order valence-corrected chi connectivity index (χ2v) is 6.76. The average molecular weight is 379 g/mol. The number of amides is 1. The van der Waals surface area contributed by atoms with Crippen LogP contribution >= 0.6 is 11.3 Å². The van der Waals surface area contributed by atoms with E-state index in [0.29, 0.717) is 6.61 Å². The van der Waals surface area contributed by atoms with Gasteiger partial charge in [-0.3, -0.25) is 4.79 Å². The van der Waals surface area contributed by atoms with Gasteiger partial charge in [0.15, 0.2) is 0 Å². The number of nitrogens with one attached hydrogen (secondary N) is 1. The maximum atomic E-state index is 12.0. The molecule has 3 rings (SSSR count). The van der Waals surface area contributed by atoms with Crippen molar-refractivity contribution in [1.29, 1.82) is 0 Å². The normalized spacial score (nSPS) is 10.9. The van der Waals surface area contributed by atoms with Crippen molar-refractivity contribution < 1.29 is 9.53 Å². The predicted molar refractivity (Wildman–Crippen MR) is 109 cm³/mol. The first kappa shape index (κ1) is 18.8. The third-order valence-electron chi connectivity index (χ3n) is 3.67. The molecule has 6 heteroatoms. The Bertz CT molecular complexity index is 889. The summed E-state index contributed by atoms with van der Waals surface area (Å²) >= 11 is 1.53. The Morgan fingerprint density at radius 3 is 2.70 bits per heavy atom. The maximum absolute atomic E-state index is 12.0. The molecule has 1 N–H and O–H groups in total. The molecule has 0 fully saturated rings. The van der Waals surface area contributed by atoms with E-state index in [2.05, 4.69) is 22.4 Å². The van der Waals surface area contributed by atoms with Crippen molar-refractivity contribution >= 4 is 23.5 Å². The summed E-state index contributed by atoms with van der Waals surface area (Å²) in [6.45, 7) is 2.77. The van der Waals surface area contributed by atoms with Gasteiger partial charge in [-0.2, -0.15) is 5.10 Å². The SMILES string of the molecule is CCCOc1ccc(C=NNC(=O)Cc2csc(-c3ccccc3)n2)cc1. The van der Waals surface area contributed by atoms with Crippen molar-refractivity contribution in [2.75, 3.05) is 6.61 Å². The molecule has 0 unspecified atom stereocenters. The summed E-state index contributed by atoms with van der Waals surface area (Å²) in [6.07, 6.45) is 2.78. The van der Waals surface area contributed by atoms with Gasteiger partial charge in [-0.25, -0.2) is 10.4 Å². The molecule has 1 heterocycles. The lowest BCUT2D eigenvalue weighted by atomic mass is 10.2. The standard InChI is InChI=1S/C21H21N3O2S/c1-2-12-26-19-10-8-16(9-11-19)14-22-24-20(25)13-18-15-27-21(23-18)17-6-4-3-5-7-17/h3-11,14-15H,2,12-13H2,1H3,(H,24,25). The number of nitrogens with zero attached hydrogens (tertiary/aromatic N) is 2. The Morgan fingerprint density at radius 2 is 1.96 bits per heavy atom. The molecule has 1 aromatic heterocycles. The van der Waals surface area contributed by atoms with Crippen LogP contribution in [0.2, 0.25) is 0 Å². The number of aromatic nitrogens is 1. The molecule has 0 aliphatic heterocycles. The molecule has 138 valence electrons. The Hall–Kier alpha value is -2.99. The van der Waals surface area contributed by atoms with Crippen LogP contribution in [0.4, 0.5) is 0 Å². The molecule has 0 aliphatic carbocycles. The second-order valence-electron chi connectivity index (χ2n) is 5.90. The highest BCUT2D eigenvalue weighted by Gasteiger charge is 2.08. The monoisotopic (exact) mass is 379 g/mol. The molecule has 2 aromatic carbocycles. The van der Waals surface area contributed by atoms with Crippen LogP contribution in [0.1, 0.15) is 24.6 Å². The van der Waals surface area contributed by atoms with E-state index in [9.17, 15) is 4.79 Å². The van der Waals surface area contributed by atoms with E-state index in [-0.39, 0.29) is 12.3 Å². The van der Waals surface area contributed by atoms with Crippen molar-refractivity contribution in [2.24, 2.45) is 5.10 Å². The molecule has 3 aromatic rings. The minimum Gasteiger partial charge on any atom is -0.494 e. The van der Waals surface area contributed by atoms with Gasteiger partial charge >= 0.3 is 0 Å². The molecule has 0 saturated heterocycles. The fourth-order valence-electron chi connectivity index (χ4n) is 2.35. The van der Waals surface area contributed by atoms with Gasteiger partial charge in [0.1, 0.15) is 10.8 Å². The van der Waals surface area contributed by atoms with E-state index < -0.39 is 0 Å². The fraction of sp³-hybridized carbons (Fsp3) is 0.190. The van der Waals surface area contributed by atoms with E-state index in [0.717, 1.165) is 34.0 Å². The van der Waals surface area contributed by atoms with E-state index in [4.69, 9.17) is 4.74 Å². The smallest absolute Gasteiger partial charge is 0.246 e. The number of thiazole rings is 1. The van der Waals surface area contributed by atoms with Gasteiger partial charge in [-0.1, -0.05) is 37.3 Å². The van der Waals surface area contributed by atoms with Crippen LogP contribution in [0.15, 0.2) is 65.1 Å². The summed E-state index contributed by atoms with van der Waals surface area (Å²) in [5.41, 5.74) is 5.22. The van der Waals surface area contributed by atoms with Gasteiger partial charge < -0.3 is 4.74 Å². The number of carbonyl (C=O) groups excluding carboxylic acids is 1. The number of ether oxygens (including phenoxy) is 1. The lowest BCUT2D eigenvalue weighted by molar-refractivity contribution is -0.120. The third kappa shape index (κ3) is 5.76. The zero-order valence-corrected chi connectivity index (χ0v) is 15.9. The quantitative estimate of drug-likeness (QED) is 0.469. The van der Waals surface area contributed by atoms with Crippen LogP contribution in [0, 0.1) is 0 Å². The van der Waals surface area contributed by atoms with Crippen molar-refractivity contribution in [1.82, 2.24) is 10.4 Å². The molecular formula is C21H21N3O2S. The van der Waals surface area contributed by atoms with Gasteiger partial charge in [0.25, 0.3) is 0 Å². The zero-order chi connectivity index (χ0) is 18.9. The van der Waals surface area contributed by atoms with Gasteiger partial charge in [-0.05, 0) is 36.2 Å². The van der Waals surface area contributed by atoms with Crippen molar-refractivity contribution in [3.63, 3.8) is 0 Å². The number of rotatable bonds is 8.